The second-order valence-corrected chi connectivity index (χ2v) is 6.64. The molecule has 0 radical (unpaired) electrons. The Labute approximate surface area is 149 Å². The van der Waals surface area contributed by atoms with Gasteiger partial charge in [-0.1, -0.05) is 6.07 Å². The van der Waals surface area contributed by atoms with Crippen LogP contribution in [0.25, 0.3) is 0 Å². The van der Waals surface area contributed by atoms with Crippen LogP contribution in [-0.2, 0) is 6.54 Å². The molecule has 0 aliphatic carbocycles. The highest BCUT2D eigenvalue weighted by atomic mass is 127. The molecule has 0 aliphatic heterocycles. The van der Waals surface area contributed by atoms with E-state index in [-0.39, 0.29) is 5.91 Å². The van der Waals surface area contributed by atoms with Crippen molar-refractivity contribution in [1.82, 2.24) is 14.8 Å². The third-order valence-electron chi connectivity index (χ3n) is 3.34. The van der Waals surface area contributed by atoms with Gasteiger partial charge in [0, 0.05) is 22.9 Å². The molecule has 1 amide bonds. The van der Waals surface area contributed by atoms with Crippen molar-refractivity contribution in [1.29, 1.82) is 0 Å². The number of carbonyl (C=O) groups excluding carboxylic acids is 1. The number of rotatable bonds is 6. The van der Waals surface area contributed by atoms with Crippen LogP contribution < -0.4 is 0 Å². The molecule has 2 aromatic rings. The summed E-state index contributed by atoms with van der Waals surface area (Å²) in [5.41, 5.74) is 1.20. The molecular weight excluding hydrogens is 408 g/mol. The summed E-state index contributed by atoms with van der Waals surface area (Å²) in [4.78, 5) is 20.8. The van der Waals surface area contributed by atoms with Gasteiger partial charge in [0.2, 0.25) is 0 Å². The Kier molecular flexibility index (Phi) is 6.47. The van der Waals surface area contributed by atoms with E-state index >= 15 is 0 Å². The number of aromatic nitrogens is 1. The summed E-state index contributed by atoms with van der Waals surface area (Å²) < 4.78 is 14.3. The van der Waals surface area contributed by atoms with E-state index in [9.17, 15) is 9.18 Å². The summed E-state index contributed by atoms with van der Waals surface area (Å²) >= 11 is 2.06. The van der Waals surface area contributed by atoms with Crippen LogP contribution in [0, 0.1) is 9.39 Å². The van der Waals surface area contributed by atoms with Gasteiger partial charge in [0.05, 0.1) is 17.8 Å². The molecule has 23 heavy (non-hydrogen) atoms. The van der Waals surface area contributed by atoms with Gasteiger partial charge in [0.15, 0.2) is 0 Å². The Morgan fingerprint density at radius 2 is 2.00 bits per heavy atom. The largest absolute Gasteiger partial charge is 0.331 e. The number of hydrogen-bond acceptors (Lipinski definition) is 3. The topological polar surface area (TPSA) is 36.4 Å². The van der Waals surface area contributed by atoms with Crippen molar-refractivity contribution in [2.24, 2.45) is 0 Å². The van der Waals surface area contributed by atoms with Crippen molar-refractivity contribution in [2.75, 3.05) is 27.2 Å². The van der Waals surface area contributed by atoms with Gasteiger partial charge in [-0.3, -0.25) is 9.78 Å². The van der Waals surface area contributed by atoms with Gasteiger partial charge < -0.3 is 9.80 Å². The van der Waals surface area contributed by atoms with E-state index in [1.807, 2.05) is 37.2 Å². The van der Waals surface area contributed by atoms with Gasteiger partial charge >= 0.3 is 0 Å². The van der Waals surface area contributed by atoms with E-state index in [4.69, 9.17) is 0 Å². The van der Waals surface area contributed by atoms with Crippen LogP contribution in [0.2, 0.25) is 0 Å². The molecule has 0 saturated carbocycles. The molecule has 0 spiro atoms. The van der Waals surface area contributed by atoms with Gasteiger partial charge in [-0.15, -0.1) is 0 Å². The maximum Gasteiger partial charge on any atom is 0.255 e. The SMILES string of the molecule is CN(C)CCN(Cc1ccccn1)C(=O)c1cc(F)ccc1I. The summed E-state index contributed by atoms with van der Waals surface area (Å²) in [6, 6.07) is 9.89. The van der Waals surface area contributed by atoms with Gasteiger partial charge in [-0.25, -0.2) is 4.39 Å². The monoisotopic (exact) mass is 427 g/mol. The fourth-order valence-corrected chi connectivity index (χ4v) is 2.66. The van der Waals surface area contributed by atoms with E-state index in [1.165, 1.54) is 12.1 Å². The second kappa shape index (κ2) is 8.35. The fraction of sp³-hybridized carbons (Fsp3) is 0.294. The summed E-state index contributed by atoms with van der Waals surface area (Å²) in [5.74, 6) is -0.583. The zero-order chi connectivity index (χ0) is 16.8. The molecule has 0 atom stereocenters. The first-order chi connectivity index (χ1) is 11.0. The molecule has 0 aliphatic rings. The predicted molar refractivity (Wildman–Crippen MR) is 96.6 cm³/mol. The molecule has 0 unspecified atom stereocenters. The number of nitrogens with zero attached hydrogens (tertiary/aromatic N) is 3. The zero-order valence-electron chi connectivity index (χ0n) is 13.2. The maximum absolute atomic E-state index is 13.5. The van der Waals surface area contributed by atoms with Gasteiger partial charge in [-0.05, 0) is 67.0 Å². The van der Waals surface area contributed by atoms with E-state index in [2.05, 4.69) is 27.6 Å². The number of benzene rings is 1. The normalized spacial score (nSPS) is 10.8. The summed E-state index contributed by atoms with van der Waals surface area (Å²) in [6.45, 7) is 1.68. The number of halogens is 2. The van der Waals surface area contributed by atoms with Crippen LogP contribution >= 0.6 is 22.6 Å². The highest BCUT2D eigenvalue weighted by Crippen LogP contribution is 2.17. The molecule has 1 heterocycles. The molecule has 1 aromatic carbocycles. The lowest BCUT2D eigenvalue weighted by Gasteiger charge is -2.24. The lowest BCUT2D eigenvalue weighted by atomic mass is 10.2. The average Bonchev–Trinajstić information content (AvgIpc) is 2.54. The first kappa shape index (κ1) is 17.8. The van der Waals surface area contributed by atoms with Crippen molar-refractivity contribution in [3.8, 4) is 0 Å². The van der Waals surface area contributed by atoms with Crippen LogP contribution in [0.1, 0.15) is 16.1 Å². The molecule has 0 saturated heterocycles. The summed E-state index contributed by atoms with van der Waals surface area (Å²) in [7, 11) is 3.91. The quantitative estimate of drug-likeness (QED) is 0.666. The smallest absolute Gasteiger partial charge is 0.255 e. The Bertz CT molecular complexity index is 664. The molecule has 122 valence electrons. The number of hydrogen-bond donors (Lipinski definition) is 0. The standard InChI is InChI=1S/C17H19FIN3O/c1-21(2)9-10-22(12-14-5-3-4-8-20-14)17(23)15-11-13(18)6-7-16(15)19/h3-8,11H,9-10,12H2,1-2H3. The van der Waals surface area contributed by atoms with Crippen LogP contribution in [0.4, 0.5) is 4.39 Å². The lowest BCUT2D eigenvalue weighted by Crippen LogP contribution is -2.36. The van der Waals surface area contributed by atoms with Crippen molar-refractivity contribution in [2.45, 2.75) is 6.54 Å². The summed E-state index contributed by atoms with van der Waals surface area (Å²) in [6.07, 6.45) is 1.70. The van der Waals surface area contributed by atoms with E-state index in [0.717, 1.165) is 15.8 Å². The average molecular weight is 427 g/mol. The Morgan fingerprint density at radius 1 is 1.22 bits per heavy atom. The summed E-state index contributed by atoms with van der Waals surface area (Å²) in [5, 5.41) is 0. The minimum atomic E-state index is -0.404. The Balaban J connectivity index is 2.24. The van der Waals surface area contributed by atoms with Crippen molar-refractivity contribution < 1.29 is 9.18 Å². The van der Waals surface area contributed by atoms with Crippen molar-refractivity contribution in [3.63, 3.8) is 0 Å². The van der Waals surface area contributed by atoms with E-state index in [1.54, 1.807) is 17.2 Å². The molecule has 2 rings (SSSR count). The van der Waals surface area contributed by atoms with Crippen LogP contribution in [0.3, 0.4) is 0 Å². The van der Waals surface area contributed by atoms with E-state index < -0.39 is 5.82 Å². The molecular formula is C17H19FIN3O. The van der Waals surface area contributed by atoms with Crippen LogP contribution in [-0.4, -0.2) is 47.9 Å². The minimum absolute atomic E-state index is 0.179. The molecule has 0 N–H and O–H groups in total. The molecule has 0 bridgehead atoms. The zero-order valence-corrected chi connectivity index (χ0v) is 15.3. The second-order valence-electron chi connectivity index (χ2n) is 5.48. The fourth-order valence-electron chi connectivity index (χ4n) is 2.09. The molecule has 4 nitrogen and oxygen atoms in total. The third kappa shape index (κ3) is 5.24. The van der Waals surface area contributed by atoms with Crippen molar-refractivity contribution in [3.05, 3.63) is 63.2 Å². The Hall–Kier alpha value is -1.54. The maximum atomic E-state index is 13.5. The molecule has 0 fully saturated rings. The first-order valence-corrected chi connectivity index (χ1v) is 8.34. The van der Waals surface area contributed by atoms with E-state index in [0.29, 0.717) is 18.7 Å². The first-order valence-electron chi connectivity index (χ1n) is 7.26. The van der Waals surface area contributed by atoms with Crippen molar-refractivity contribution >= 4 is 28.5 Å². The minimum Gasteiger partial charge on any atom is -0.331 e. The number of carbonyl (C=O) groups is 1. The molecule has 1 aromatic heterocycles. The Morgan fingerprint density at radius 3 is 2.65 bits per heavy atom. The highest BCUT2D eigenvalue weighted by Gasteiger charge is 2.19. The predicted octanol–water partition coefficient (Wildman–Crippen LogP) is 3.03. The number of pyridine rings is 1. The number of likely N-dealkylation sites (N-methyl/N-ethyl adjacent to an activating group) is 1. The van der Waals surface area contributed by atoms with Crippen LogP contribution in [0.5, 0.6) is 0 Å². The third-order valence-corrected chi connectivity index (χ3v) is 4.28. The van der Waals surface area contributed by atoms with Gasteiger partial charge in [-0.2, -0.15) is 0 Å². The highest BCUT2D eigenvalue weighted by molar-refractivity contribution is 14.1. The molecule has 6 heteroatoms. The number of amides is 1. The van der Waals surface area contributed by atoms with Gasteiger partial charge in [0.1, 0.15) is 5.82 Å². The van der Waals surface area contributed by atoms with Gasteiger partial charge in [0.25, 0.3) is 5.91 Å². The van der Waals surface area contributed by atoms with Crippen LogP contribution in [0.15, 0.2) is 42.6 Å². The lowest BCUT2D eigenvalue weighted by molar-refractivity contribution is 0.0728.